The number of amides is 3. The number of carbonyl (C=O) groups is 3. The van der Waals surface area contributed by atoms with Crippen LogP contribution in [0.2, 0.25) is 0 Å². The molecule has 0 saturated carbocycles. The van der Waals surface area contributed by atoms with Crippen LogP contribution in [0, 0.1) is 0 Å². The van der Waals surface area contributed by atoms with Crippen LogP contribution in [0.4, 0.5) is 0 Å². The van der Waals surface area contributed by atoms with Gasteiger partial charge < -0.3 is 15.5 Å². The summed E-state index contributed by atoms with van der Waals surface area (Å²) in [4.78, 5) is 35.3. The first-order chi connectivity index (χ1) is 9.40. The number of carbonyl (C=O) groups excluding carboxylic acids is 3. The minimum Gasteiger partial charge on any atom is -0.352 e. The standard InChI is InChI=1S/C14H19N3O3/c1-10(18)15-8-11-4-6-12(7-5-11)14(20)16-9-13(19)17(2)3/h4-7H,8-9H2,1-3H3,(H,15,18)(H,16,20). The van der Waals surface area contributed by atoms with E-state index in [9.17, 15) is 14.4 Å². The van der Waals surface area contributed by atoms with E-state index in [2.05, 4.69) is 10.6 Å². The van der Waals surface area contributed by atoms with Gasteiger partial charge in [-0.3, -0.25) is 14.4 Å². The highest BCUT2D eigenvalue weighted by Crippen LogP contribution is 2.04. The second-order valence-electron chi connectivity index (χ2n) is 4.58. The van der Waals surface area contributed by atoms with Crippen molar-refractivity contribution in [2.75, 3.05) is 20.6 Å². The Morgan fingerprint density at radius 1 is 1.05 bits per heavy atom. The van der Waals surface area contributed by atoms with E-state index in [0.29, 0.717) is 12.1 Å². The SMILES string of the molecule is CC(=O)NCc1ccc(C(=O)NCC(=O)N(C)C)cc1. The molecule has 6 heteroatoms. The number of nitrogens with one attached hydrogen (secondary N) is 2. The molecule has 0 unspecified atom stereocenters. The third-order valence-electron chi connectivity index (χ3n) is 2.66. The average Bonchev–Trinajstić information content (AvgIpc) is 2.42. The maximum Gasteiger partial charge on any atom is 0.251 e. The maximum absolute atomic E-state index is 11.8. The molecule has 2 N–H and O–H groups in total. The predicted octanol–water partition coefficient (Wildman–Crippen LogP) is 0.141. The normalized spacial score (nSPS) is 9.75. The minimum absolute atomic E-state index is 0.0283. The zero-order chi connectivity index (χ0) is 15.1. The van der Waals surface area contributed by atoms with Crippen LogP contribution in [0.15, 0.2) is 24.3 Å². The van der Waals surface area contributed by atoms with Gasteiger partial charge in [-0.2, -0.15) is 0 Å². The summed E-state index contributed by atoms with van der Waals surface area (Å²) < 4.78 is 0. The van der Waals surface area contributed by atoms with Crippen LogP contribution in [0.3, 0.4) is 0 Å². The third-order valence-corrected chi connectivity index (χ3v) is 2.66. The zero-order valence-corrected chi connectivity index (χ0v) is 11.9. The third kappa shape index (κ3) is 5.09. The van der Waals surface area contributed by atoms with E-state index in [4.69, 9.17) is 0 Å². The molecule has 1 aromatic rings. The molecule has 20 heavy (non-hydrogen) atoms. The molecular weight excluding hydrogens is 258 g/mol. The van der Waals surface area contributed by atoms with Gasteiger partial charge in [0.15, 0.2) is 0 Å². The highest BCUT2D eigenvalue weighted by Gasteiger charge is 2.09. The van der Waals surface area contributed by atoms with Crippen molar-refractivity contribution in [3.63, 3.8) is 0 Å². The van der Waals surface area contributed by atoms with Crippen molar-refractivity contribution in [3.8, 4) is 0 Å². The van der Waals surface area contributed by atoms with Crippen molar-refractivity contribution in [2.45, 2.75) is 13.5 Å². The number of hydrogen-bond acceptors (Lipinski definition) is 3. The van der Waals surface area contributed by atoms with E-state index in [0.717, 1.165) is 5.56 Å². The van der Waals surface area contributed by atoms with E-state index >= 15 is 0 Å². The molecule has 0 fully saturated rings. The largest absolute Gasteiger partial charge is 0.352 e. The molecule has 1 aromatic carbocycles. The molecule has 0 heterocycles. The minimum atomic E-state index is -0.300. The number of hydrogen-bond donors (Lipinski definition) is 2. The lowest BCUT2D eigenvalue weighted by atomic mass is 10.1. The van der Waals surface area contributed by atoms with Gasteiger partial charge in [0.05, 0.1) is 6.54 Å². The smallest absolute Gasteiger partial charge is 0.251 e. The average molecular weight is 277 g/mol. The summed E-state index contributed by atoms with van der Waals surface area (Å²) in [5, 5.41) is 5.22. The quantitative estimate of drug-likeness (QED) is 0.803. The molecule has 108 valence electrons. The van der Waals surface area contributed by atoms with Crippen molar-refractivity contribution in [1.82, 2.24) is 15.5 Å². The predicted molar refractivity (Wildman–Crippen MR) is 75.0 cm³/mol. The Hall–Kier alpha value is -2.37. The molecule has 0 aromatic heterocycles. The first-order valence-corrected chi connectivity index (χ1v) is 6.22. The van der Waals surface area contributed by atoms with E-state index in [1.165, 1.54) is 11.8 Å². The Labute approximate surface area is 118 Å². The number of benzene rings is 1. The fourth-order valence-electron chi connectivity index (χ4n) is 1.42. The molecule has 0 aliphatic rings. The topological polar surface area (TPSA) is 78.5 Å². The van der Waals surface area contributed by atoms with Gasteiger partial charge in [0, 0.05) is 33.1 Å². The van der Waals surface area contributed by atoms with Crippen molar-refractivity contribution in [3.05, 3.63) is 35.4 Å². The Balaban J connectivity index is 2.53. The molecular formula is C14H19N3O3. The molecule has 0 bridgehead atoms. The van der Waals surface area contributed by atoms with Gasteiger partial charge in [0.2, 0.25) is 11.8 Å². The van der Waals surface area contributed by atoms with Gasteiger partial charge in [0.1, 0.15) is 0 Å². The van der Waals surface area contributed by atoms with Crippen LogP contribution < -0.4 is 10.6 Å². The molecule has 1 rings (SSSR count). The first-order valence-electron chi connectivity index (χ1n) is 6.22. The number of rotatable bonds is 5. The Morgan fingerprint density at radius 3 is 2.15 bits per heavy atom. The summed E-state index contributed by atoms with van der Waals surface area (Å²) in [6.45, 7) is 1.85. The molecule has 0 saturated heterocycles. The molecule has 0 spiro atoms. The van der Waals surface area contributed by atoms with Crippen LogP contribution in [-0.2, 0) is 16.1 Å². The summed E-state index contributed by atoms with van der Waals surface area (Å²) in [6.07, 6.45) is 0. The van der Waals surface area contributed by atoms with Crippen molar-refractivity contribution in [2.24, 2.45) is 0 Å². The monoisotopic (exact) mass is 277 g/mol. The molecule has 3 amide bonds. The van der Waals surface area contributed by atoms with E-state index < -0.39 is 0 Å². The number of likely N-dealkylation sites (N-methyl/N-ethyl adjacent to an activating group) is 1. The Kier molecular flexibility index (Phi) is 5.71. The summed E-state index contributed by atoms with van der Waals surface area (Å²) in [7, 11) is 3.26. The van der Waals surface area contributed by atoms with Gasteiger partial charge in [-0.1, -0.05) is 12.1 Å². The molecule has 0 atom stereocenters. The van der Waals surface area contributed by atoms with Gasteiger partial charge in [0.25, 0.3) is 5.91 Å². The summed E-state index contributed by atoms with van der Waals surface area (Å²) >= 11 is 0. The van der Waals surface area contributed by atoms with Crippen molar-refractivity contribution in [1.29, 1.82) is 0 Å². The van der Waals surface area contributed by atoms with E-state index in [-0.39, 0.29) is 24.3 Å². The van der Waals surface area contributed by atoms with Gasteiger partial charge >= 0.3 is 0 Å². The summed E-state index contributed by atoms with van der Waals surface area (Å²) in [5.74, 6) is -0.569. The van der Waals surface area contributed by atoms with Crippen molar-refractivity contribution < 1.29 is 14.4 Å². The van der Waals surface area contributed by atoms with E-state index in [1.807, 2.05) is 0 Å². The maximum atomic E-state index is 11.8. The molecule has 0 aliphatic carbocycles. The van der Waals surface area contributed by atoms with Crippen molar-refractivity contribution >= 4 is 17.7 Å². The fourth-order valence-corrected chi connectivity index (χ4v) is 1.42. The van der Waals surface area contributed by atoms with Crippen LogP contribution >= 0.6 is 0 Å². The Morgan fingerprint density at radius 2 is 1.65 bits per heavy atom. The second kappa shape index (κ2) is 7.28. The van der Waals surface area contributed by atoms with Crippen LogP contribution in [0.5, 0.6) is 0 Å². The lowest BCUT2D eigenvalue weighted by Crippen LogP contribution is -2.36. The molecule has 0 aliphatic heterocycles. The van der Waals surface area contributed by atoms with Gasteiger partial charge in [-0.25, -0.2) is 0 Å². The summed E-state index contributed by atoms with van der Waals surface area (Å²) in [5.41, 5.74) is 1.38. The van der Waals surface area contributed by atoms with E-state index in [1.54, 1.807) is 38.4 Å². The van der Waals surface area contributed by atoms with Crippen LogP contribution in [0.1, 0.15) is 22.8 Å². The lowest BCUT2D eigenvalue weighted by Gasteiger charge is -2.11. The second-order valence-corrected chi connectivity index (χ2v) is 4.58. The van der Waals surface area contributed by atoms with Gasteiger partial charge in [-0.15, -0.1) is 0 Å². The van der Waals surface area contributed by atoms with Crippen LogP contribution in [0.25, 0.3) is 0 Å². The number of nitrogens with zero attached hydrogens (tertiary/aromatic N) is 1. The zero-order valence-electron chi connectivity index (χ0n) is 11.9. The highest BCUT2D eigenvalue weighted by molar-refractivity contribution is 5.96. The summed E-state index contributed by atoms with van der Waals surface area (Å²) in [6, 6.07) is 6.84. The van der Waals surface area contributed by atoms with Crippen LogP contribution in [-0.4, -0.2) is 43.3 Å². The first kappa shape index (κ1) is 15.7. The Bertz CT molecular complexity index is 495. The van der Waals surface area contributed by atoms with Gasteiger partial charge in [-0.05, 0) is 17.7 Å². The highest BCUT2D eigenvalue weighted by atomic mass is 16.2. The lowest BCUT2D eigenvalue weighted by molar-refractivity contribution is -0.127. The fraction of sp³-hybridized carbons (Fsp3) is 0.357. The molecule has 6 nitrogen and oxygen atoms in total. The molecule has 0 radical (unpaired) electrons.